The first kappa shape index (κ1) is 15.8. The lowest BCUT2D eigenvalue weighted by atomic mass is 10.0. The summed E-state index contributed by atoms with van der Waals surface area (Å²) in [4.78, 5) is 8.37. The molecule has 0 aliphatic carbocycles. The summed E-state index contributed by atoms with van der Waals surface area (Å²) in [6.45, 7) is 5.24. The Balaban J connectivity index is 2.14. The highest BCUT2D eigenvalue weighted by Crippen LogP contribution is 2.29. The SMILES string of the molecule is CCNC(C)c1ccc(OC)c(CSc2cnccn2)c1. The molecule has 1 aromatic heterocycles. The third kappa shape index (κ3) is 4.44. The van der Waals surface area contributed by atoms with Gasteiger partial charge in [0.05, 0.1) is 13.3 Å². The fraction of sp³-hybridized carbons (Fsp3) is 0.375. The number of thioether (sulfide) groups is 1. The van der Waals surface area contributed by atoms with Crippen molar-refractivity contribution in [3.63, 3.8) is 0 Å². The second-order valence-electron chi connectivity index (χ2n) is 4.68. The van der Waals surface area contributed by atoms with Crippen LogP contribution in [0.3, 0.4) is 0 Å². The van der Waals surface area contributed by atoms with Crippen molar-refractivity contribution in [2.75, 3.05) is 13.7 Å². The molecule has 1 atom stereocenters. The quantitative estimate of drug-likeness (QED) is 0.794. The Kier molecular flexibility index (Phi) is 6.02. The summed E-state index contributed by atoms with van der Waals surface area (Å²) in [7, 11) is 1.71. The first-order valence-electron chi connectivity index (χ1n) is 7.03. The van der Waals surface area contributed by atoms with Crippen LogP contribution in [0.4, 0.5) is 0 Å². The Morgan fingerprint density at radius 3 is 2.86 bits per heavy atom. The van der Waals surface area contributed by atoms with Gasteiger partial charge in [-0.15, -0.1) is 0 Å². The average molecular weight is 303 g/mol. The molecule has 2 rings (SSSR count). The topological polar surface area (TPSA) is 47.0 Å². The molecule has 0 radical (unpaired) electrons. The van der Waals surface area contributed by atoms with Crippen LogP contribution < -0.4 is 10.1 Å². The van der Waals surface area contributed by atoms with Crippen LogP contribution in [-0.2, 0) is 5.75 Å². The fourth-order valence-electron chi connectivity index (χ4n) is 2.12. The molecular weight excluding hydrogens is 282 g/mol. The minimum absolute atomic E-state index is 0.334. The van der Waals surface area contributed by atoms with Crippen LogP contribution in [0.1, 0.15) is 31.0 Å². The van der Waals surface area contributed by atoms with Crippen LogP contribution in [0.5, 0.6) is 5.75 Å². The van der Waals surface area contributed by atoms with Crippen LogP contribution in [0.2, 0.25) is 0 Å². The molecule has 1 heterocycles. The van der Waals surface area contributed by atoms with Gasteiger partial charge in [-0.3, -0.25) is 4.98 Å². The Morgan fingerprint density at radius 1 is 1.33 bits per heavy atom. The van der Waals surface area contributed by atoms with Crippen LogP contribution in [0.25, 0.3) is 0 Å². The maximum atomic E-state index is 5.46. The number of methoxy groups -OCH3 is 1. The molecule has 0 aliphatic heterocycles. The monoisotopic (exact) mass is 303 g/mol. The molecule has 0 saturated carbocycles. The number of hydrogen-bond donors (Lipinski definition) is 1. The number of nitrogens with one attached hydrogen (secondary N) is 1. The van der Waals surface area contributed by atoms with Crippen molar-refractivity contribution in [1.29, 1.82) is 0 Å². The first-order valence-corrected chi connectivity index (χ1v) is 8.02. The zero-order chi connectivity index (χ0) is 15.1. The van der Waals surface area contributed by atoms with Gasteiger partial charge in [0.2, 0.25) is 0 Å². The van der Waals surface area contributed by atoms with E-state index in [1.807, 2.05) is 6.07 Å². The number of nitrogens with zero attached hydrogens (tertiary/aromatic N) is 2. The van der Waals surface area contributed by atoms with Gasteiger partial charge in [-0.05, 0) is 31.2 Å². The molecule has 112 valence electrons. The summed E-state index contributed by atoms with van der Waals surface area (Å²) in [6, 6.07) is 6.69. The van der Waals surface area contributed by atoms with E-state index >= 15 is 0 Å². The number of ether oxygens (including phenoxy) is 1. The largest absolute Gasteiger partial charge is 0.496 e. The van der Waals surface area contributed by atoms with E-state index in [9.17, 15) is 0 Å². The van der Waals surface area contributed by atoms with E-state index in [0.717, 1.165) is 23.1 Å². The van der Waals surface area contributed by atoms with E-state index in [1.165, 1.54) is 11.1 Å². The van der Waals surface area contributed by atoms with Crippen molar-refractivity contribution in [3.8, 4) is 5.75 Å². The third-order valence-corrected chi connectivity index (χ3v) is 4.19. The van der Waals surface area contributed by atoms with Gasteiger partial charge in [0.1, 0.15) is 10.8 Å². The second kappa shape index (κ2) is 8.00. The van der Waals surface area contributed by atoms with Crippen LogP contribution >= 0.6 is 11.8 Å². The van der Waals surface area contributed by atoms with Crippen LogP contribution in [0.15, 0.2) is 41.8 Å². The Labute approximate surface area is 130 Å². The lowest BCUT2D eigenvalue weighted by Gasteiger charge is -2.16. The molecule has 0 saturated heterocycles. The van der Waals surface area contributed by atoms with Crippen molar-refractivity contribution < 1.29 is 4.74 Å². The van der Waals surface area contributed by atoms with Gasteiger partial charge in [0.15, 0.2) is 0 Å². The molecule has 0 spiro atoms. The van der Waals surface area contributed by atoms with Crippen LogP contribution in [-0.4, -0.2) is 23.6 Å². The standard InChI is InChI=1S/C16H21N3OS/c1-4-18-12(2)13-5-6-15(20-3)14(9-13)11-21-16-10-17-7-8-19-16/h5-10,12,18H,4,11H2,1-3H3. The first-order chi connectivity index (χ1) is 10.2. The minimum Gasteiger partial charge on any atom is -0.496 e. The third-order valence-electron chi connectivity index (χ3n) is 3.23. The van der Waals surface area contributed by atoms with Crippen molar-refractivity contribution >= 4 is 11.8 Å². The molecule has 0 amide bonds. The second-order valence-corrected chi connectivity index (χ2v) is 5.68. The maximum absolute atomic E-state index is 5.46. The molecule has 1 N–H and O–H groups in total. The van der Waals surface area contributed by atoms with Crippen molar-refractivity contribution in [2.24, 2.45) is 0 Å². The summed E-state index contributed by atoms with van der Waals surface area (Å²) >= 11 is 1.66. The highest BCUT2D eigenvalue weighted by Gasteiger charge is 2.09. The van der Waals surface area contributed by atoms with Gasteiger partial charge in [-0.1, -0.05) is 24.8 Å². The fourth-order valence-corrected chi connectivity index (χ4v) is 2.92. The van der Waals surface area contributed by atoms with E-state index in [2.05, 4.69) is 41.3 Å². The van der Waals surface area contributed by atoms with E-state index in [1.54, 1.807) is 37.5 Å². The molecule has 21 heavy (non-hydrogen) atoms. The predicted octanol–water partition coefficient (Wildman–Crippen LogP) is 3.45. The highest BCUT2D eigenvalue weighted by atomic mass is 32.2. The summed E-state index contributed by atoms with van der Waals surface area (Å²) < 4.78 is 5.46. The molecule has 0 bridgehead atoms. The summed E-state index contributed by atoms with van der Waals surface area (Å²) in [5, 5.41) is 4.35. The molecule has 2 aromatic rings. The van der Waals surface area contributed by atoms with E-state index in [4.69, 9.17) is 4.74 Å². The predicted molar refractivity (Wildman–Crippen MR) is 86.7 cm³/mol. The summed E-state index contributed by atoms with van der Waals surface area (Å²) in [5.41, 5.74) is 2.45. The lowest BCUT2D eigenvalue weighted by Crippen LogP contribution is -2.17. The number of benzene rings is 1. The zero-order valence-electron chi connectivity index (χ0n) is 12.7. The Morgan fingerprint density at radius 2 is 2.19 bits per heavy atom. The molecule has 1 aromatic carbocycles. The van der Waals surface area contributed by atoms with Gasteiger partial charge in [-0.2, -0.15) is 0 Å². The molecular formula is C16H21N3OS. The van der Waals surface area contributed by atoms with Crippen molar-refractivity contribution in [2.45, 2.75) is 30.7 Å². The molecule has 5 heteroatoms. The highest BCUT2D eigenvalue weighted by molar-refractivity contribution is 7.98. The number of aromatic nitrogens is 2. The Bertz CT molecular complexity index is 563. The van der Waals surface area contributed by atoms with Crippen molar-refractivity contribution in [3.05, 3.63) is 47.9 Å². The van der Waals surface area contributed by atoms with Gasteiger partial charge in [0.25, 0.3) is 0 Å². The van der Waals surface area contributed by atoms with Gasteiger partial charge in [0, 0.05) is 29.8 Å². The smallest absolute Gasteiger partial charge is 0.122 e. The van der Waals surface area contributed by atoms with E-state index in [-0.39, 0.29) is 0 Å². The average Bonchev–Trinajstić information content (AvgIpc) is 2.54. The summed E-state index contributed by atoms with van der Waals surface area (Å²) in [6.07, 6.45) is 5.18. The molecule has 0 aliphatic rings. The van der Waals surface area contributed by atoms with E-state index in [0.29, 0.717) is 6.04 Å². The maximum Gasteiger partial charge on any atom is 0.122 e. The molecule has 4 nitrogen and oxygen atoms in total. The molecule has 0 fully saturated rings. The zero-order valence-corrected chi connectivity index (χ0v) is 13.5. The van der Waals surface area contributed by atoms with Gasteiger partial charge in [-0.25, -0.2) is 4.98 Å². The number of rotatable bonds is 7. The lowest BCUT2D eigenvalue weighted by molar-refractivity contribution is 0.411. The number of hydrogen-bond acceptors (Lipinski definition) is 5. The Hall–Kier alpha value is -1.59. The minimum atomic E-state index is 0.334. The summed E-state index contributed by atoms with van der Waals surface area (Å²) in [5.74, 6) is 1.73. The van der Waals surface area contributed by atoms with Crippen molar-refractivity contribution in [1.82, 2.24) is 15.3 Å². The normalized spacial score (nSPS) is 12.1. The molecule has 1 unspecified atom stereocenters. The van der Waals surface area contributed by atoms with Gasteiger partial charge < -0.3 is 10.1 Å². The van der Waals surface area contributed by atoms with E-state index < -0.39 is 0 Å². The van der Waals surface area contributed by atoms with Gasteiger partial charge >= 0.3 is 0 Å². The van der Waals surface area contributed by atoms with Crippen LogP contribution in [0, 0.1) is 0 Å².